The van der Waals surface area contributed by atoms with E-state index in [0.29, 0.717) is 24.5 Å². The Morgan fingerprint density at radius 1 is 1.04 bits per heavy atom. The van der Waals surface area contributed by atoms with Gasteiger partial charge in [0.2, 0.25) is 0 Å². The zero-order valence-corrected chi connectivity index (χ0v) is 15.6. The number of H-pyrrole nitrogens is 1. The zero-order chi connectivity index (χ0) is 19.5. The van der Waals surface area contributed by atoms with Gasteiger partial charge in [-0.15, -0.1) is 0 Å². The number of ether oxygens (including phenoxy) is 1. The Labute approximate surface area is 162 Å². The summed E-state index contributed by atoms with van der Waals surface area (Å²) in [5.41, 5.74) is 2.95. The molecule has 0 aliphatic carbocycles. The number of aromatic nitrogens is 2. The first-order valence-electron chi connectivity index (χ1n) is 9.13. The number of hydrogen-bond acceptors (Lipinski definition) is 4. The van der Waals surface area contributed by atoms with Crippen LogP contribution in [0.25, 0.3) is 11.3 Å². The van der Waals surface area contributed by atoms with Gasteiger partial charge in [-0.25, -0.2) is 4.39 Å². The number of hydrogen-bond donors (Lipinski definition) is 1. The van der Waals surface area contributed by atoms with E-state index in [-0.39, 0.29) is 11.7 Å². The summed E-state index contributed by atoms with van der Waals surface area (Å²) in [5.74, 6) is 0.453. The average Bonchev–Trinajstić information content (AvgIpc) is 3.24. The molecule has 0 saturated carbocycles. The molecule has 1 saturated heterocycles. The van der Waals surface area contributed by atoms with Crippen molar-refractivity contribution >= 4 is 11.6 Å². The maximum atomic E-state index is 13.1. The van der Waals surface area contributed by atoms with Crippen LogP contribution < -0.4 is 9.64 Å². The molecular weight excluding hydrogens is 359 g/mol. The highest BCUT2D eigenvalue weighted by molar-refractivity contribution is 5.93. The Kier molecular flexibility index (Phi) is 4.97. The molecule has 1 aliphatic rings. The van der Waals surface area contributed by atoms with E-state index in [2.05, 4.69) is 15.1 Å². The number of piperazine rings is 1. The lowest BCUT2D eigenvalue weighted by Gasteiger charge is -2.35. The minimum Gasteiger partial charge on any atom is -0.497 e. The number of carbonyl (C=O) groups excluding carboxylic acids is 1. The van der Waals surface area contributed by atoms with Crippen LogP contribution in [0.5, 0.6) is 5.75 Å². The maximum Gasteiger partial charge on any atom is 0.272 e. The van der Waals surface area contributed by atoms with Gasteiger partial charge in [-0.1, -0.05) is 0 Å². The Morgan fingerprint density at radius 2 is 1.71 bits per heavy atom. The first-order valence-corrected chi connectivity index (χ1v) is 9.13. The number of anilines is 1. The van der Waals surface area contributed by atoms with E-state index >= 15 is 0 Å². The molecule has 2 heterocycles. The smallest absolute Gasteiger partial charge is 0.272 e. The van der Waals surface area contributed by atoms with Crippen LogP contribution in [0.1, 0.15) is 10.5 Å². The van der Waals surface area contributed by atoms with Crippen molar-refractivity contribution in [1.82, 2.24) is 15.1 Å². The lowest BCUT2D eigenvalue weighted by Crippen LogP contribution is -2.48. The Morgan fingerprint density at radius 3 is 2.36 bits per heavy atom. The summed E-state index contributed by atoms with van der Waals surface area (Å²) >= 11 is 0. The average molecular weight is 380 g/mol. The summed E-state index contributed by atoms with van der Waals surface area (Å²) in [4.78, 5) is 16.9. The van der Waals surface area contributed by atoms with Crippen molar-refractivity contribution in [2.75, 3.05) is 38.2 Å². The van der Waals surface area contributed by atoms with Crippen molar-refractivity contribution in [1.29, 1.82) is 0 Å². The third-order valence-electron chi connectivity index (χ3n) is 4.95. The molecule has 1 N–H and O–H groups in total. The van der Waals surface area contributed by atoms with Crippen LogP contribution in [0.3, 0.4) is 0 Å². The molecule has 4 rings (SSSR count). The quantitative estimate of drug-likeness (QED) is 0.755. The summed E-state index contributed by atoms with van der Waals surface area (Å²) in [5, 5.41) is 7.00. The predicted molar refractivity (Wildman–Crippen MR) is 105 cm³/mol. The number of aromatic amines is 1. The molecule has 1 fully saturated rings. The van der Waals surface area contributed by atoms with Gasteiger partial charge in [0.05, 0.1) is 12.8 Å². The number of nitrogens with zero attached hydrogens (tertiary/aromatic N) is 3. The highest BCUT2D eigenvalue weighted by Gasteiger charge is 2.24. The SMILES string of the molecule is COc1ccc(N2CCN(C(=O)c3cc(-c4ccc(F)cc4)n[nH]3)CC2)cc1. The monoisotopic (exact) mass is 380 g/mol. The van der Waals surface area contributed by atoms with Crippen molar-refractivity contribution in [2.24, 2.45) is 0 Å². The van der Waals surface area contributed by atoms with Gasteiger partial charge in [0, 0.05) is 37.4 Å². The summed E-state index contributed by atoms with van der Waals surface area (Å²) in [6, 6.07) is 15.7. The maximum absolute atomic E-state index is 13.1. The Hall–Kier alpha value is -3.35. The first-order chi connectivity index (χ1) is 13.6. The third kappa shape index (κ3) is 3.69. The summed E-state index contributed by atoms with van der Waals surface area (Å²) in [6.07, 6.45) is 0. The molecule has 7 heteroatoms. The minimum atomic E-state index is -0.301. The predicted octanol–water partition coefficient (Wildman–Crippen LogP) is 3.19. The zero-order valence-electron chi connectivity index (χ0n) is 15.6. The van der Waals surface area contributed by atoms with E-state index in [1.165, 1.54) is 12.1 Å². The largest absolute Gasteiger partial charge is 0.497 e. The van der Waals surface area contributed by atoms with Gasteiger partial charge in [-0.05, 0) is 54.6 Å². The number of carbonyl (C=O) groups is 1. The molecule has 2 aromatic carbocycles. The van der Waals surface area contributed by atoms with Crippen molar-refractivity contribution in [3.63, 3.8) is 0 Å². The molecular formula is C21H21FN4O2. The Balaban J connectivity index is 1.39. The number of rotatable bonds is 4. The van der Waals surface area contributed by atoms with Crippen molar-refractivity contribution in [3.8, 4) is 17.0 Å². The second-order valence-corrected chi connectivity index (χ2v) is 6.65. The van der Waals surface area contributed by atoms with Gasteiger partial charge in [0.25, 0.3) is 5.91 Å². The van der Waals surface area contributed by atoms with Gasteiger partial charge in [0.15, 0.2) is 0 Å². The molecule has 3 aromatic rings. The fourth-order valence-electron chi connectivity index (χ4n) is 3.33. The lowest BCUT2D eigenvalue weighted by atomic mass is 10.1. The third-order valence-corrected chi connectivity index (χ3v) is 4.95. The van der Waals surface area contributed by atoms with E-state index in [4.69, 9.17) is 4.74 Å². The van der Waals surface area contributed by atoms with Gasteiger partial charge in [-0.2, -0.15) is 5.10 Å². The Bertz CT molecular complexity index is 945. The number of amides is 1. The fourth-order valence-corrected chi connectivity index (χ4v) is 3.33. The lowest BCUT2D eigenvalue weighted by molar-refractivity contribution is 0.0741. The van der Waals surface area contributed by atoms with Crippen molar-refractivity contribution in [2.45, 2.75) is 0 Å². The van der Waals surface area contributed by atoms with E-state index in [0.717, 1.165) is 30.1 Å². The van der Waals surface area contributed by atoms with Crippen LogP contribution >= 0.6 is 0 Å². The van der Waals surface area contributed by atoms with Gasteiger partial charge in [0.1, 0.15) is 17.3 Å². The molecule has 0 spiro atoms. The molecule has 0 unspecified atom stereocenters. The van der Waals surface area contributed by atoms with Gasteiger partial charge < -0.3 is 14.5 Å². The molecule has 0 atom stereocenters. The number of methoxy groups -OCH3 is 1. The first kappa shape index (κ1) is 18.0. The van der Waals surface area contributed by atoms with Crippen LogP contribution in [0, 0.1) is 5.82 Å². The molecule has 6 nitrogen and oxygen atoms in total. The molecule has 1 aromatic heterocycles. The number of halogens is 1. The second-order valence-electron chi connectivity index (χ2n) is 6.65. The molecule has 1 amide bonds. The second kappa shape index (κ2) is 7.72. The van der Waals surface area contributed by atoms with Crippen LogP contribution in [0.4, 0.5) is 10.1 Å². The summed E-state index contributed by atoms with van der Waals surface area (Å²) in [7, 11) is 1.65. The normalized spacial score (nSPS) is 14.2. The van der Waals surface area contributed by atoms with Crippen molar-refractivity contribution < 1.29 is 13.9 Å². The van der Waals surface area contributed by atoms with Gasteiger partial charge >= 0.3 is 0 Å². The number of nitrogens with one attached hydrogen (secondary N) is 1. The highest BCUT2D eigenvalue weighted by Crippen LogP contribution is 2.22. The summed E-state index contributed by atoms with van der Waals surface area (Å²) < 4.78 is 18.3. The van der Waals surface area contributed by atoms with E-state index < -0.39 is 0 Å². The molecule has 0 bridgehead atoms. The number of benzene rings is 2. The van der Waals surface area contributed by atoms with Crippen LogP contribution in [-0.4, -0.2) is 54.3 Å². The summed E-state index contributed by atoms with van der Waals surface area (Å²) in [6.45, 7) is 2.79. The van der Waals surface area contributed by atoms with Crippen LogP contribution in [-0.2, 0) is 0 Å². The highest BCUT2D eigenvalue weighted by atomic mass is 19.1. The molecule has 28 heavy (non-hydrogen) atoms. The van der Waals surface area contributed by atoms with Crippen molar-refractivity contribution in [3.05, 3.63) is 66.1 Å². The van der Waals surface area contributed by atoms with Crippen LogP contribution in [0.2, 0.25) is 0 Å². The van der Waals surface area contributed by atoms with Crippen LogP contribution in [0.15, 0.2) is 54.6 Å². The van der Waals surface area contributed by atoms with Gasteiger partial charge in [-0.3, -0.25) is 9.89 Å². The molecule has 1 aliphatic heterocycles. The standard InChI is InChI=1S/C21H21FN4O2/c1-28-18-8-6-17(7-9-18)25-10-12-26(13-11-25)21(27)20-14-19(23-24-20)15-2-4-16(22)5-3-15/h2-9,14H,10-13H2,1H3,(H,23,24). The minimum absolute atomic E-state index is 0.0738. The van der Waals surface area contributed by atoms with E-state index in [9.17, 15) is 9.18 Å². The fraction of sp³-hybridized carbons (Fsp3) is 0.238. The van der Waals surface area contributed by atoms with E-state index in [1.807, 2.05) is 29.2 Å². The molecule has 144 valence electrons. The molecule has 0 radical (unpaired) electrons. The van der Waals surface area contributed by atoms with E-state index in [1.54, 1.807) is 25.3 Å². The topological polar surface area (TPSA) is 61.5 Å².